The second-order valence-electron chi connectivity index (χ2n) is 5.50. The topological polar surface area (TPSA) is 38.7 Å². The van der Waals surface area contributed by atoms with Gasteiger partial charge in [-0.15, -0.1) is 0 Å². The third kappa shape index (κ3) is 10.5. The number of rotatable bonds is 13. The molecule has 0 saturated carbocycles. The molecule has 21 heavy (non-hydrogen) atoms. The van der Waals surface area contributed by atoms with E-state index in [9.17, 15) is 5.11 Å². The van der Waals surface area contributed by atoms with Gasteiger partial charge >= 0.3 is 0 Å². The van der Waals surface area contributed by atoms with Crippen molar-refractivity contribution in [2.24, 2.45) is 0 Å². The summed E-state index contributed by atoms with van der Waals surface area (Å²) in [4.78, 5) is 0. The second-order valence-corrected chi connectivity index (χ2v) is 5.50. The number of hydrogen-bond acceptors (Lipinski definition) is 3. The average molecular weight is 294 g/mol. The van der Waals surface area contributed by atoms with Crippen LogP contribution in [-0.2, 0) is 16.1 Å². The average Bonchev–Trinajstić information content (AvgIpc) is 2.51. The Kier molecular flexibility index (Phi) is 11.1. The fourth-order valence-electron chi connectivity index (χ4n) is 2.14. The highest BCUT2D eigenvalue weighted by molar-refractivity contribution is 5.13. The van der Waals surface area contributed by atoms with Crippen LogP contribution in [0.2, 0.25) is 0 Å². The van der Waals surface area contributed by atoms with E-state index in [2.05, 4.69) is 6.92 Å². The Balaban J connectivity index is 1.88. The fourth-order valence-corrected chi connectivity index (χ4v) is 2.14. The summed E-state index contributed by atoms with van der Waals surface area (Å²) in [6, 6.07) is 9.98. The molecule has 0 heterocycles. The summed E-state index contributed by atoms with van der Waals surface area (Å²) < 4.78 is 10.9. The third-order valence-corrected chi connectivity index (χ3v) is 3.37. The Morgan fingerprint density at radius 1 is 0.905 bits per heavy atom. The molecule has 3 heteroatoms. The molecule has 0 fully saturated rings. The predicted molar refractivity (Wildman–Crippen MR) is 86.3 cm³/mol. The molecular weight excluding hydrogens is 264 g/mol. The van der Waals surface area contributed by atoms with Crippen molar-refractivity contribution in [3.63, 3.8) is 0 Å². The summed E-state index contributed by atoms with van der Waals surface area (Å²) in [6.07, 6.45) is 7.01. The number of aliphatic hydroxyl groups is 1. The number of aliphatic hydroxyl groups excluding tert-OH is 1. The summed E-state index contributed by atoms with van der Waals surface area (Å²) in [5, 5.41) is 9.75. The van der Waals surface area contributed by atoms with Crippen molar-refractivity contribution in [3.05, 3.63) is 35.9 Å². The standard InChI is InChI=1S/C18H30O3/c1-2-3-4-5-6-10-13-20-15-18(19)16-21-14-17-11-8-7-9-12-17/h7-9,11-12,18-19H,2-6,10,13-16H2,1H3. The van der Waals surface area contributed by atoms with Crippen LogP contribution in [0.1, 0.15) is 51.0 Å². The first kappa shape index (κ1) is 18.1. The Bertz CT molecular complexity index is 326. The number of benzene rings is 1. The van der Waals surface area contributed by atoms with Crippen LogP contribution in [0, 0.1) is 0 Å². The van der Waals surface area contributed by atoms with Crippen LogP contribution in [0.4, 0.5) is 0 Å². The zero-order chi connectivity index (χ0) is 15.2. The number of unbranched alkanes of at least 4 members (excludes halogenated alkanes) is 5. The second kappa shape index (κ2) is 12.8. The molecular formula is C18H30O3. The van der Waals surface area contributed by atoms with Gasteiger partial charge in [-0.2, -0.15) is 0 Å². The summed E-state index contributed by atoms with van der Waals surface area (Å²) in [5.74, 6) is 0. The number of ether oxygens (including phenoxy) is 2. The van der Waals surface area contributed by atoms with Crippen LogP contribution in [0.3, 0.4) is 0 Å². The molecule has 0 aliphatic carbocycles. The van der Waals surface area contributed by atoms with E-state index in [1.165, 1.54) is 32.1 Å². The van der Waals surface area contributed by atoms with Gasteiger partial charge in [0.15, 0.2) is 0 Å². The lowest BCUT2D eigenvalue weighted by atomic mass is 10.1. The number of hydrogen-bond donors (Lipinski definition) is 1. The van der Waals surface area contributed by atoms with Crippen molar-refractivity contribution >= 4 is 0 Å². The van der Waals surface area contributed by atoms with Crippen LogP contribution < -0.4 is 0 Å². The van der Waals surface area contributed by atoms with Crippen LogP contribution in [-0.4, -0.2) is 31.0 Å². The zero-order valence-corrected chi connectivity index (χ0v) is 13.3. The van der Waals surface area contributed by atoms with Crippen molar-refractivity contribution in [2.45, 2.75) is 58.2 Å². The van der Waals surface area contributed by atoms with E-state index in [1.807, 2.05) is 30.3 Å². The van der Waals surface area contributed by atoms with Crippen molar-refractivity contribution in [3.8, 4) is 0 Å². The van der Waals surface area contributed by atoms with Gasteiger partial charge in [0, 0.05) is 6.61 Å². The van der Waals surface area contributed by atoms with E-state index in [-0.39, 0.29) is 0 Å². The van der Waals surface area contributed by atoms with E-state index in [0.717, 1.165) is 18.6 Å². The first-order valence-corrected chi connectivity index (χ1v) is 8.20. The molecule has 1 aromatic carbocycles. The molecule has 1 unspecified atom stereocenters. The van der Waals surface area contributed by atoms with Crippen molar-refractivity contribution in [1.82, 2.24) is 0 Å². The SMILES string of the molecule is CCCCCCCCOCC(O)COCc1ccccc1. The molecule has 0 saturated heterocycles. The molecule has 1 rings (SSSR count). The summed E-state index contributed by atoms with van der Waals surface area (Å²) in [7, 11) is 0. The summed E-state index contributed by atoms with van der Waals surface area (Å²) in [5.41, 5.74) is 1.12. The van der Waals surface area contributed by atoms with Crippen molar-refractivity contribution < 1.29 is 14.6 Å². The Hall–Kier alpha value is -0.900. The molecule has 0 spiro atoms. The lowest BCUT2D eigenvalue weighted by Crippen LogP contribution is -2.22. The zero-order valence-electron chi connectivity index (χ0n) is 13.3. The first-order chi connectivity index (χ1) is 10.3. The molecule has 3 nitrogen and oxygen atoms in total. The van der Waals surface area contributed by atoms with Crippen LogP contribution >= 0.6 is 0 Å². The lowest BCUT2D eigenvalue weighted by Gasteiger charge is -2.12. The molecule has 0 bridgehead atoms. The van der Waals surface area contributed by atoms with Gasteiger partial charge in [-0.1, -0.05) is 69.4 Å². The molecule has 0 aliphatic rings. The van der Waals surface area contributed by atoms with Crippen LogP contribution in [0.15, 0.2) is 30.3 Å². The molecule has 120 valence electrons. The molecule has 1 aromatic rings. The highest BCUT2D eigenvalue weighted by Crippen LogP contribution is 2.05. The smallest absolute Gasteiger partial charge is 0.101 e. The monoisotopic (exact) mass is 294 g/mol. The Morgan fingerprint density at radius 2 is 1.57 bits per heavy atom. The highest BCUT2D eigenvalue weighted by Gasteiger charge is 2.04. The van der Waals surface area contributed by atoms with Gasteiger partial charge in [0.1, 0.15) is 6.10 Å². The third-order valence-electron chi connectivity index (χ3n) is 3.37. The van der Waals surface area contributed by atoms with Gasteiger partial charge in [-0.05, 0) is 12.0 Å². The Morgan fingerprint density at radius 3 is 2.33 bits per heavy atom. The quantitative estimate of drug-likeness (QED) is 0.560. The van der Waals surface area contributed by atoms with Gasteiger partial charge < -0.3 is 14.6 Å². The van der Waals surface area contributed by atoms with E-state index in [1.54, 1.807) is 0 Å². The van der Waals surface area contributed by atoms with Crippen molar-refractivity contribution in [1.29, 1.82) is 0 Å². The van der Waals surface area contributed by atoms with Gasteiger partial charge in [0.25, 0.3) is 0 Å². The van der Waals surface area contributed by atoms with Gasteiger partial charge in [-0.3, -0.25) is 0 Å². The van der Waals surface area contributed by atoms with E-state index < -0.39 is 6.10 Å². The van der Waals surface area contributed by atoms with Gasteiger partial charge in [0.2, 0.25) is 0 Å². The summed E-state index contributed by atoms with van der Waals surface area (Å²) >= 11 is 0. The van der Waals surface area contributed by atoms with Crippen LogP contribution in [0.25, 0.3) is 0 Å². The van der Waals surface area contributed by atoms with E-state index in [4.69, 9.17) is 9.47 Å². The van der Waals surface area contributed by atoms with Gasteiger partial charge in [0.05, 0.1) is 19.8 Å². The molecule has 0 radical (unpaired) electrons. The first-order valence-electron chi connectivity index (χ1n) is 8.20. The molecule has 0 aliphatic heterocycles. The highest BCUT2D eigenvalue weighted by atomic mass is 16.5. The maximum atomic E-state index is 9.75. The predicted octanol–water partition coefficient (Wildman–Crippen LogP) is 3.94. The summed E-state index contributed by atoms with van der Waals surface area (Å²) in [6.45, 7) is 4.19. The molecule has 0 amide bonds. The molecule has 1 N–H and O–H groups in total. The minimum Gasteiger partial charge on any atom is -0.388 e. The largest absolute Gasteiger partial charge is 0.388 e. The Labute approximate surface area is 129 Å². The van der Waals surface area contributed by atoms with E-state index in [0.29, 0.717) is 19.8 Å². The van der Waals surface area contributed by atoms with E-state index >= 15 is 0 Å². The fraction of sp³-hybridized carbons (Fsp3) is 0.667. The minimum atomic E-state index is -0.534. The normalized spacial score (nSPS) is 12.5. The molecule has 0 aromatic heterocycles. The maximum Gasteiger partial charge on any atom is 0.101 e. The maximum absolute atomic E-state index is 9.75. The van der Waals surface area contributed by atoms with Crippen molar-refractivity contribution in [2.75, 3.05) is 19.8 Å². The van der Waals surface area contributed by atoms with Crippen LogP contribution in [0.5, 0.6) is 0 Å². The van der Waals surface area contributed by atoms with Gasteiger partial charge in [-0.25, -0.2) is 0 Å². The minimum absolute atomic E-state index is 0.325. The lowest BCUT2D eigenvalue weighted by molar-refractivity contribution is -0.0239. The molecule has 1 atom stereocenters.